The predicted octanol–water partition coefficient (Wildman–Crippen LogP) is 3.20. The fraction of sp³-hybridized carbons (Fsp3) is 0.526. The van der Waals surface area contributed by atoms with Crippen molar-refractivity contribution in [1.82, 2.24) is 15.1 Å². The lowest BCUT2D eigenvalue weighted by Gasteiger charge is -2.13. The van der Waals surface area contributed by atoms with Crippen LogP contribution in [0.2, 0.25) is 0 Å². The van der Waals surface area contributed by atoms with Gasteiger partial charge in [-0.25, -0.2) is 4.39 Å². The molecule has 12 heteroatoms. The second-order valence-electron chi connectivity index (χ2n) is 7.32. The molecule has 7 nitrogen and oxygen atoms in total. The Bertz CT molecular complexity index is 969. The van der Waals surface area contributed by atoms with Gasteiger partial charge >= 0.3 is 6.18 Å². The Labute approximate surface area is 180 Å². The van der Waals surface area contributed by atoms with Gasteiger partial charge in [-0.2, -0.15) is 18.3 Å². The van der Waals surface area contributed by atoms with E-state index in [2.05, 4.69) is 15.7 Å². The number of halogens is 4. The first kappa shape index (κ1) is 23.2. The highest BCUT2D eigenvalue weighted by Gasteiger charge is 2.38. The molecule has 2 aromatic heterocycles. The first-order valence-electron chi connectivity index (χ1n) is 9.80. The number of amides is 2. The molecule has 1 aliphatic carbocycles. The van der Waals surface area contributed by atoms with Crippen molar-refractivity contribution in [3.05, 3.63) is 33.5 Å². The molecule has 4 N–H and O–H groups in total. The van der Waals surface area contributed by atoms with Crippen molar-refractivity contribution < 1.29 is 27.2 Å². The quantitative estimate of drug-likeness (QED) is 0.526. The smallest absolute Gasteiger partial charge is 0.365 e. The zero-order valence-electron chi connectivity index (χ0n) is 16.8. The topological polar surface area (TPSA) is 102 Å². The molecule has 0 spiro atoms. The number of nitrogens with two attached hydrogens (primary N) is 1. The second kappa shape index (κ2) is 9.35. The van der Waals surface area contributed by atoms with E-state index in [1.165, 1.54) is 18.3 Å². The number of anilines is 1. The van der Waals surface area contributed by atoms with Gasteiger partial charge in [-0.1, -0.05) is 0 Å². The van der Waals surface area contributed by atoms with Crippen LogP contribution < -0.4 is 16.4 Å². The molecular weight excluding hydrogens is 438 g/mol. The summed E-state index contributed by atoms with van der Waals surface area (Å²) in [6, 6.07) is -0.810. The van der Waals surface area contributed by atoms with Gasteiger partial charge < -0.3 is 16.4 Å². The molecule has 1 unspecified atom stereocenters. The van der Waals surface area contributed by atoms with Gasteiger partial charge in [0, 0.05) is 29.2 Å². The van der Waals surface area contributed by atoms with Crippen molar-refractivity contribution in [2.45, 2.75) is 51.4 Å². The molecule has 0 radical (unpaired) electrons. The predicted molar refractivity (Wildman–Crippen MR) is 108 cm³/mol. The van der Waals surface area contributed by atoms with Gasteiger partial charge in [-0.3, -0.25) is 14.3 Å². The van der Waals surface area contributed by atoms with E-state index in [9.17, 15) is 27.2 Å². The number of nitrogens with one attached hydrogen (secondary N) is 2. The number of alkyl halides is 4. The molecule has 2 amide bonds. The number of carbonyl (C=O) groups excluding carboxylic acids is 2. The van der Waals surface area contributed by atoms with Gasteiger partial charge in [0.2, 0.25) is 5.91 Å². The summed E-state index contributed by atoms with van der Waals surface area (Å²) in [5.41, 5.74) is 5.29. The summed E-state index contributed by atoms with van der Waals surface area (Å²) in [6.07, 6.45) is -0.230. The maximum Gasteiger partial charge on any atom is 0.435 e. The molecule has 0 bridgehead atoms. The van der Waals surface area contributed by atoms with Crippen LogP contribution in [0.25, 0.3) is 0 Å². The SMILES string of the molecule is CC(NCCF)c1cn(CC(=O)Nc2sc3c(c2C(N)=O)CCCC3)nc1C(F)(F)F. The van der Waals surface area contributed by atoms with Crippen molar-refractivity contribution in [2.75, 3.05) is 18.5 Å². The second-order valence-corrected chi connectivity index (χ2v) is 8.43. The summed E-state index contributed by atoms with van der Waals surface area (Å²) in [7, 11) is 0. The first-order valence-corrected chi connectivity index (χ1v) is 10.6. The number of carbonyl (C=O) groups is 2. The van der Waals surface area contributed by atoms with Crippen molar-refractivity contribution >= 4 is 28.2 Å². The van der Waals surface area contributed by atoms with Crippen LogP contribution in [0, 0.1) is 0 Å². The largest absolute Gasteiger partial charge is 0.435 e. The fourth-order valence-electron chi connectivity index (χ4n) is 3.66. The van der Waals surface area contributed by atoms with E-state index in [0.717, 1.165) is 40.6 Å². The molecule has 0 saturated carbocycles. The van der Waals surface area contributed by atoms with Gasteiger partial charge in [0.05, 0.1) is 5.56 Å². The van der Waals surface area contributed by atoms with Crippen LogP contribution in [0.3, 0.4) is 0 Å². The lowest BCUT2D eigenvalue weighted by molar-refractivity contribution is -0.142. The highest BCUT2D eigenvalue weighted by molar-refractivity contribution is 7.17. The molecule has 0 saturated heterocycles. The third kappa shape index (κ3) is 5.24. The Morgan fingerprint density at radius 2 is 2.03 bits per heavy atom. The molecule has 31 heavy (non-hydrogen) atoms. The van der Waals surface area contributed by atoms with Gasteiger partial charge in [-0.05, 0) is 38.2 Å². The Morgan fingerprint density at radius 1 is 1.32 bits per heavy atom. The molecule has 0 fully saturated rings. The van der Waals surface area contributed by atoms with E-state index in [1.807, 2.05) is 0 Å². The van der Waals surface area contributed by atoms with Crippen LogP contribution >= 0.6 is 11.3 Å². The Morgan fingerprint density at radius 3 is 2.68 bits per heavy atom. The number of primary amides is 1. The Kier molecular flexibility index (Phi) is 6.99. The van der Waals surface area contributed by atoms with Crippen LogP contribution in [-0.2, 0) is 30.4 Å². The van der Waals surface area contributed by atoms with Crippen LogP contribution in [0.5, 0.6) is 0 Å². The molecule has 0 aliphatic heterocycles. The lowest BCUT2D eigenvalue weighted by atomic mass is 9.95. The minimum Gasteiger partial charge on any atom is -0.365 e. The standard InChI is InChI=1S/C19H23F4N5O2S/c1-10(25-7-6-20)12-8-28(27-16(12)19(21,22)23)9-14(29)26-18-15(17(24)30)11-4-2-3-5-13(11)31-18/h8,10,25H,2-7,9H2,1H3,(H2,24,30)(H,26,29). The summed E-state index contributed by atoms with van der Waals surface area (Å²) >= 11 is 1.27. The molecular formula is C19H23F4N5O2S. The van der Waals surface area contributed by atoms with E-state index in [0.29, 0.717) is 11.4 Å². The van der Waals surface area contributed by atoms with E-state index in [4.69, 9.17) is 5.73 Å². The summed E-state index contributed by atoms with van der Waals surface area (Å²) in [6.45, 7) is 0.138. The third-order valence-corrected chi connectivity index (χ3v) is 6.25. The first-order chi connectivity index (χ1) is 14.6. The maximum absolute atomic E-state index is 13.4. The number of thiophene rings is 1. The average Bonchev–Trinajstić information content (AvgIpc) is 3.26. The molecule has 170 valence electrons. The minimum absolute atomic E-state index is 0.108. The lowest BCUT2D eigenvalue weighted by Crippen LogP contribution is -2.23. The fourth-order valence-corrected chi connectivity index (χ4v) is 4.97. The highest BCUT2D eigenvalue weighted by Crippen LogP contribution is 2.38. The van der Waals surface area contributed by atoms with E-state index < -0.39 is 42.9 Å². The number of fused-ring (bicyclic) bond motifs is 1. The zero-order valence-corrected chi connectivity index (χ0v) is 17.6. The van der Waals surface area contributed by atoms with Crippen LogP contribution in [-0.4, -0.2) is 34.8 Å². The Balaban J connectivity index is 1.80. The summed E-state index contributed by atoms with van der Waals surface area (Å²) < 4.78 is 53.4. The van der Waals surface area contributed by atoms with E-state index in [1.54, 1.807) is 0 Å². The van der Waals surface area contributed by atoms with E-state index in [-0.39, 0.29) is 17.7 Å². The van der Waals surface area contributed by atoms with Crippen molar-refractivity contribution in [3.63, 3.8) is 0 Å². The van der Waals surface area contributed by atoms with Crippen LogP contribution in [0.4, 0.5) is 22.6 Å². The van der Waals surface area contributed by atoms with Crippen molar-refractivity contribution in [2.24, 2.45) is 5.73 Å². The summed E-state index contributed by atoms with van der Waals surface area (Å²) in [4.78, 5) is 25.4. The molecule has 1 atom stereocenters. The average molecular weight is 461 g/mol. The molecule has 2 aromatic rings. The summed E-state index contributed by atoms with van der Waals surface area (Å²) in [5.74, 6) is -1.28. The minimum atomic E-state index is -4.73. The molecule has 0 aromatic carbocycles. The van der Waals surface area contributed by atoms with Gasteiger partial charge in [0.25, 0.3) is 5.91 Å². The number of nitrogens with zero attached hydrogens (tertiary/aromatic N) is 2. The number of hydrogen-bond donors (Lipinski definition) is 3. The Hall–Kier alpha value is -2.47. The third-order valence-electron chi connectivity index (χ3n) is 5.05. The molecule has 3 rings (SSSR count). The number of rotatable bonds is 8. The number of aromatic nitrogens is 2. The molecule has 2 heterocycles. The maximum atomic E-state index is 13.4. The highest BCUT2D eigenvalue weighted by atomic mass is 32.1. The van der Waals surface area contributed by atoms with Gasteiger partial charge in [0.1, 0.15) is 18.2 Å². The van der Waals surface area contributed by atoms with Gasteiger partial charge in [-0.15, -0.1) is 11.3 Å². The van der Waals surface area contributed by atoms with Crippen molar-refractivity contribution in [3.8, 4) is 0 Å². The monoisotopic (exact) mass is 461 g/mol. The number of hydrogen-bond acceptors (Lipinski definition) is 5. The summed E-state index contributed by atoms with van der Waals surface area (Å²) in [5, 5.41) is 9.07. The zero-order chi connectivity index (χ0) is 22.8. The number of aryl methyl sites for hydroxylation is 1. The molecule has 1 aliphatic rings. The van der Waals surface area contributed by atoms with Crippen LogP contribution in [0.1, 0.15) is 57.9 Å². The van der Waals surface area contributed by atoms with Crippen molar-refractivity contribution in [1.29, 1.82) is 0 Å². The van der Waals surface area contributed by atoms with E-state index >= 15 is 0 Å². The van der Waals surface area contributed by atoms with Crippen LogP contribution in [0.15, 0.2) is 6.20 Å². The van der Waals surface area contributed by atoms with Gasteiger partial charge in [0.15, 0.2) is 5.69 Å². The normalized spacial score (nSPS) is 14.9.